The molecule has 0 bridgehead atoms. The number of rotatable bonds is 56. The van der Waals surface area contributed by atoms with Crippen molar-refractivity contribution in [2.45, 2.75) is 371 Å². The average Bonchev–Trinajstić information content (AvgIpc) is 3.40. The number of allylic oxidation sites excluding steroid dienone is 2. The van der Waals surface area contributed by atoms with Crippen LogP contribution >= 0.6 is 0 Å². The van der Waals surface area contributed by atoms with Crippen LogP contribution in [0.25, 0.3) is 0 Å². The molecule has 8 N–H and O–H groups in total. The van der Waals surface area contributed by atoms with Gasteiger partial charge < -0.3 is 50.5 Å². The second-order valence-corrected chi connectivity index (χ2v) is 22.8. The Balaban J connectivity index is 2.18. The normalized spacial score (nSPS) is 19.8. The number of nitrogens with one attached hydrogen (secondary N) is 1. The van der Waals surface area contributed by atoms with E-state index in [0.717, 1.165) is 51.4 Å². The Hall–Kier alpha value is -1.15. The van der Waals surface area contributed by atoms with Gasteiger partial charge in [0.05, 0.1) is 25.4 Å². The van der Waals surface area contributed by atoms with Crippen molar-refractivity contribution in [2.75, 3.05) is 13.2 Å². The Morgan fingerprint density at radius 2 is 0.784 bits per heavy atom. The first-order valence-electron chi connectivity index (χ1n) is 32.1. The lowest BCUT2D eigenvalue weighted by Gasteiger charge is -2.40. The predicted molar refractivity (Wildman–Crippen MR) is 307 cm³/mol. The van der Waals surface area contributed by atoms with Crippen LogP contribution in [0.5, 0.6) is 0 Å². The molecule has 1 heterocycles. The monoisotopic (exact) mass is 1050 g/mol. The summed E-state index contributed by atoms with van der Waals surface area (Å²) >= 11 is 0. The Labute approximate surface area is 455 Å². The molecule has 74 heavy (non-hydrogen) atoms. The number of carbonyl (C=O) groups is 1. The highest BCUT2D eigenvalue weighted by Crippen LogP contribution is 2.24. The topological polar surface area (TPSA) is 189 Å². The third-order valence-corrected chi connectivity index (χ3v) is 15.8. The van der Waals surface area contributed by atoms with Crippen molar-refractivity contribution in [3.8, 4) is 0 Å². The van der Waals surface area contributed by atoms with E-state index in [0.29, 0.717) is 19.3 Å². The van der Waals surface area contributed by atoms with Gasteiger partial charge in [-0.2, -0.15) is 0 Å². The number of amides is 1. The van der Waals surface area contributed by atoms with Gasteiger partial charge in [-0.05, 0) is 38.5 Å². The molecule has 0 aliphatic carbocycles. The van der Waals surface area contributed by atoms with Crippen molar-refractivity contribution in [3.63, 3.8) is 0 Å². The van der Waals surface area contributed by atoms with Crippen molar-refractivity contribution in [1.82, 2.24) is 5.32 Å². The zero-order chi connectivity index (χ0) is 54.0. The van der Waals surface area contributed by atoms with Gasteiger partial charge in [0.15, 0.2) is 6.29 Å². The number of hydrogen-bond donors (Lipinski definition) is 8. The quantitative estimate of drug-likeness (QED) is 0.0215. The summed E-state index contributed by atoms with van der Waals surface area (Å²) in [6.45, 7) is 3.48. The van der Waals surface area contributed by atoms with Gasteiger partial charge in [0, 0.05) is 0 Å². The van der Waals surface area contributed by atoms with E-state index in [1.807, 2.05) is 0 Å². The fourth-order valence-corrected chi connectivity index (χ4v) is 10.6. The summed E-state index contributed by atoms with van der Waals surface area (Å²) in [5, 5.41) is 76.2. The summed E-state index contributed by atoms with van der Waals surface area (Å²) in [5.41, 5.74) is 0. The molecule has 11 heteroatoms. The maximum atomic E-state index is 13.2. The molecule has 440 valence electrons. The Kier molecular flexibility index (Phi) is 50.3. The molecule has 1 rings (SSSR count). The largest absolute Gasteiger partial charge is 0.394 e. The van der Waals surface area contributed by atoms with Crippen LogP contribution in [0.3, 0.4) is 0 Å². The standard InChI is InChI=1S/C63H123NO10/c1-3-5-7-9-11-13-15-17-19-20-21-22-23-24-25-26-27-28-29-30-31-32-33-34-35-37-38-40-42-44-46-48-50-55(66)58(68)54(53-73-63-61(71)60(70)59(69)57(52-65)74-63)64-62(72)56(67)51-49-47-45-43-41-39-36-18-16-14-12-10-8-6-4-2/h36,39,54-61,63,65-71H,3-35,37-38,40-53H2,1-2H3,(H,64,72)/b39-36-. The zero-order valence-electron chi connectivity index (χ0n) is 48.4. The molecule has 11 nitrogen and oxygen atoms in total. The van der Waals surface area contributed by atoms with E-state index in [2.05, 4.69) is 31.3 Å². The fraction of sp³-hybridized carbons (Fsp3) is 0.952. The summed E-state index contributed by atoms with van der Waals surface area (Å²) in [4.78, 5) is 13.2. The van der Waals surface area contributed by atoms with Crippen LogP contribution in [0, 0.1) is 0 Å². The SMILES string of the molecule is CCCCCCCCC/C=C\CCCCCCC(O)C(=O)NC(COC1OC(CO)C(O)C(O)C1O)C(O)C(O)CCCCCCCCCCCCCCCCCCCCCCCCCCCCCCCCCC. The molecule has 0 aromatic heterocycles. The molecule has 9 atom stereocenters. The molecular formula is C63H123NO10. The Morgan fingerprint density at radius 3 is 1.14 bits per heavy atom. The summed E-state index contributed by atoms with van der Waals surface area (Å²) in [5.74, 6) is -0.701. The van der Waals surface area contributed by atoms with Gasteiger partial charge >= 0.3 is 0 Å². The molecule has 1 amide bonds. The first-order chi connectivity index (χ1) is 36.2. The molecule has 1 fully saturated rings. The first-order valence-corrected chi connectivity index (χ1v) is 32.1. The number of carbonyl (C=O) groups excluding carboxylic acids is 1. The van der Waals surface area contributed by atoms with Crippen LogP contribution < -0.4 is 5.32 Å². The minimum Gasteiger partial charge on any atom is -0.394 e. The average molecular weight is 1050 g/mol. The highest BCUT2D eigenvalue weighted by atomic mass is 16.7. The summed E-state index contributed by atoms with van der Waals surface area (Å²) < 4.78 is 11.2. The zero-order valence-corrected chi connectivity index (χ0v) is 48.4. The smallest absolute Gasteiger partial charge is 0.249 e. The van der Waals surface area contributed by atoms with Crippen molar-refractivity contribution >= 4 is 5.91 Å². The Bertz CT molecular complexity index is 1210. The van der Waals surface area contributed by atoms with Gasteiger partial charge in [-0.1, -0.05) is 289 Å². The molecule has 0 aromatic rings. The van der Waals surface area contributed by atoms with E-state index in [4.69, 9.17) is 9.47 Å². The van der Waals surface area contributed by atoms with Crippen LogP contribution in [0.1, 0.15) is 316 Å². The van der Waals surface area contributed by atoms with Gasteiger partial charge in [-0.15, -0.1) is 0 Å². The molecule has 0 aromatic carbocycles. The van der Waals surface area contributed by atoms with E-state index in [-0.39, 0.29) is 6.42 Å². The lowest BCUT2D eigenvalue weighted by molar-refractivity contribution is -0.303. The maximum Gasteiger partial charge on any atom is 0.249 e. The summed E-state index contributed by atoms with van der Waals surface area (Å²) in [6, 6.07) is -1.17. The highest BCUT2D eigenvalue weighted by Gasteiger charge is 2.44. The number of aliphatic hydroxyl groups is 7. The van der Waals surface area contributed by atoms with Gasteiger partial charge in [-0.3, -0.25) is 4.79 Å². The van der Waals surface area contributed by atoms with E-state index in [1.54, 1.807) is 0 Å². The molecule has 1 aliphatic rings. The molecule has 0 radical (unpaired) electrons. The third kappa shape index (κ3) is 40.1. The molecule has 9 unspecified atom stereocenters. The van der Waals surface area contributed by atoms with Crippen LogP contribution in [0.2, 0.25) is 0 Å². The van der Waals surface area contributed by atoms with Gasteiger partial charge in [0.1, 0.15) is 36.6 Å². The van der Waals surface area contributed by atoms with E-state index >= 15 is 0 Å². The van der Waals surface area contributed by atoms with Gasteiger partial charge in [0.2, 0.25) is 5.91 Å². The number of unbranched alkanes of at least 4 members (excludes halogenated alkanes) is 42. The second kappa shape index (κ2) is 52.5. The fourth-order valence-electron chi connectivity index (χ4n) is 10.6. The second-order valence-electron chi connectivity index (χ2n) is 22.8. The first kappa shape index (κ1) is 70.9. The molecular weight excluding hydrogens is 931 g/mol. The molecule has 1 saturated heterocycles. The summed E-state index contributed by atoms with van der Waals surface area (Å²) in [7, 11) is 0. The van der Waals surface area contributed by atoms with Crippen LogP contribution in [0.15, 0.2) is 12.2 Å². The lowest BCUT2D eigenvalue weighted by Crippen LogP contribution is -2.60. The van der Waals surface area contributed by atoms with Crippen molar-refractivity contribution in [2.24, 2.45) is 0 Å². The molecule has 0 saturated carbocycles. The van der Waals surface area contributed by atoms with Crippen LogP contribution in [-0.4, -0.2) is 110 Å². The summed E-state index contributed by atoms with van der Waals surface area (Å²) in [6.07, 6.45) is 51.5. The maximum absolute atomic E-state index is 13.2. The van der Waals surface area contributed by atoms with Crippen molar-refractivity contribution in [3.05, 3.63) is 12.2 Å². The minimum absolute atomic E-state index is 0.249. The minimum atomic E-state index is -1.66. The van der Waals surface area contributed by atoms with Gasteiger partial charge in [-0.25, -0.2) is 0 Å². The van der Waals surface area contributed by atoms with E-state index in [9.17, 15) is 40.5 Å². The van der Waals surface area contributed by atoms with Crippen LogP contribution in [-0.2, 0) is 14.3 Å². The van der Waals surface area contributed by atoms with E-state index < -0.39 is 74.2 Å². The number of hydrogen-bond acceptors (Lipinski definition) is 10. The number of ether oxygens (including phenoxy) is 2. The van der Waals surface area contributed by atoms with Crippen molar-refractivity contribution in [1.29, 1.82) is 0 Å². The van der Waals surface area contributed by atoms with Gasteiger partial charge in [0.25, 0.3) is 0 Å². The van der Waals surface area contributed by atoms with Crippen LogP contribution in [0.4, 0.5) is 0 Å². The third-order valence-electron chi connectivity index (χ3n) is 15.8. The molecule has 0 spiro atoms. The number of aliphatic hydroxyl groups excluding tert-OH is 7. The Morgan fingerprint density at radius 1 is 0.459 bits per heavy atom. The lowest BCUT2D eigenvalue weighted by atomic mass is 9.98. The highest BCUT2D eigenvalue weighted by molar-refractivity contribution is 5.80. The predicted octanol–water partition coefficient (Wildman–Crippen LogP) is 14.3. The molecule has 1 aliphatic heterocycles. The van der Waals surface area contributed by atoms with E-state index in [1.165, 1.54) is 225 Å². The van der Waals surface area contributed by atoms with Crippen molar-refractivity contribution < 1.29 is 50.0 Å².